The average Bonchev–Trinajstić information content (AvgIpc) is 2.65. The second-order valence-electron chi connectivity index (χ2n) is 5.45. The predicted octanol–water partition coefficient (Wildman–Crippen LogP) is 4.93. The molecule has 0 aliphatic carbocycles. The van der Waals surface area contributed by atoms with Gasteiger partial charge in [-0.3, -0.25) is 0 Å². The lowest BCUT2D eigenvalue weighted by atomic mass is 9.95. The van der Waals surface area contributed by atoms with Gasteiger partial charge in [0.1, 0.15) is 17.2 Å². The smallest absolute Gasteiger partial charge is 0.134 e. The van der Waals surface area contributed by atoms with Crippen molar-refractivity contribution in [2.75, 3.05) is 21.3 Å². The Labute approximate surface area is 142 Å². The molecule has 0 saturated carbocycles. The van der Waals surface area contributed by atoms with E-state index < -0.39 is 0 Å². The average molecular weight is 320 g/mol. The summed E-state index contributed by atoms with van der Waals surface area (Å²) in [5, 5.41) is 2.37. The number of methoxy groups -OCH3 is 3. The first-order chi connectivity index (χ1) is 11.7. The molecule has 0 N–H and O–H groups in total. The van der Waals surface area contributed by atoms with Crippen molar-refractivity contribution in [1.29, 1.82) is 0 Å². The van der Waals surface area contributed by atoms with Gasteiger partial charge in [0.2, 0.25) is 0 Å². The maximum absolute atomic E-state index is 5.54. The van der Waals surface area contributed by atoms with E-state index in [1.165, 1.54) is 10.8 Å². The first-order valence-corrected chi connectivity index (χ1v) is 7.66. The van der Waals surface area contributed by atoms with E-state index >= 15 is 0 Å². The topological polar surface area (TPSA) is 27.7 Å². The number of benzene rings is 3. The molecule has 0 fully saturated rings. The van der Waals surface area contributed by atoms with E-state index in [1.54, 1.807) is 21.3 Å². The standard InChI is InChI=1S/C21H20O3/c1-14(16-10-9-15-7-5-6-8-17(15)11-16)21-19(23-3)12-18(22-2)13-20(21)24-4/h5-13H,1H2,2-4H3. The molecule has 0 aliphatic heterocycles. The van der Waals surface area contributed by atoms with Crippen molar-refractivity contribution in [3.05, 3.63) is 72.3 Å². The molecular weight excluding hydrogens is 300 g/mol. The number of rotatable bonds is 5. The van der Waals surface area contributed by atoms with Gasteiger partial charge in [-0.05, 0) is 28.0 Å². The second-order valence-corrected chi connectivity index (χ2v) is 5.45. The minimum Gasteiger partial charge on any atom is -0.496 e. The van der Waals surface area contributed by atoms with Gasteiger partial charge in [0.05, 0.1) is 26.9 Å². The Kier molecular flexibility index (Phi) is 4.43. The zero-order chi connectivity index (χ0) is 17.1. The van der Waals surface area contributed by atoms with Crippen LogP contribution >= 0.6 is 0 Å². The third-order valence-corrected chi connectivity index (χ3v) is 4.11. The fraction of sp³-hybridized carbons (Fsp3) is 0.143. The Morgan fingerprint density at radius 1 is 0.750 bits per heavy atom. The van der Waals surface area contributed by atoms with Crippen molar-refractivity contribution in [1.82, 2.24) is 0 Å². The molecule has 3 aromatic rings. The van der Waals surface area contributed by atoms with Crippen molar-refractivity contribution in [2.45, 2.75) is 0 Å². The number of ether oxygens (including phenoxy) is 3. The van der Waals surface area contributed by atoms with Crippen molar-refractivity contribution in [3.8, 4) is 17.2 Å². The zero-order valence-corrected chi connectivity index (χ0v) is 14.1. The van der Waals surface area contributed by atoms with E-state index in [-0.39, 0.29) is 0 Å². The maximum Gasteiger partial charge on any atom is 0.134 e. The SMILES string of the molecule is C=C(c1ccc2ccccc2c1)c1c(OC)cc(OC)cc1OC. The number of hydrogen-bond donors (Lipinski definition) is 0. The van der Waals surface area contributed by atoms with Crippen molar-refractivity contribution < 1.29 is 14.2 Å². The lowest BCUT2D eigenvalue weighted by Crippen LogP contribution is -1.98. The Bertz CT molecular complexity index is 871. The molecule has 0 bridgehead atoms. The fourth-order valence-electron chi connectivity index (χ4n) is 2.82. The lowest BCUT2D eigenvalue weighted by molar-refractivity contribution is 0.374. The highest BCUT2D eigenvalue weighted by atomic mass is 16.5. The molecule has 0 unspecified atom stereocenters. The second kappa shape index (κ2) is 6.67. The molecule has 0 heterocycles. The maximum atomic E-state index is 5.54. The minimum atomic E-state index is 0.671. The highest BCUT2D eigenvalue weighted by Crippen LogP contribution is 2.41. The molecule has 3 rings (SSSR count). The summed E-state index contributed by atoms with van der Waals surface area (Å²) >= 11 is 0. The Morgan fingerprint density at radius 2 is 1.38 bits per heavy atom. The highest BCUT2D eigenvalue weighted by molar-refractivity contribution is 5.91. The molecule has 24 heavy (non-hydrogen) atoms. The van der Waals surface area contributed by atoms with Crippen LogP contribution in [-0.2, 0) is 0 Å². The van der Waals surface area contributed by atoms with Crippen LogP contribution in [0.1, 0.15) is 11.1 Å². The van der Waals surface area contributed by atoms with Crippen molar-refractivity contribution in [3.63, 3.8) is 0 Å². The summed E-state index contributed by atoms with van der Waals surface area (Å²) in [5.74, 6) is 2.02. The molecule has 0 aromatic heterocycles. The van der Waals surface area contributed by atoms with Gasteiger partial charge in [0.25, 0.3) is 0 Å². The van der Waals surface area contributed by atoms with Crippen LogP contribution in [0.5, 0.6) is 17.2 Å². The minimum absolute atomic E-state index is 0.671. The Hall–Kier alpha value is -2.94. The van der Waals surface area contributed by atoms with E-state index in [1.807, 2.05) is 24.3 Å². The molecule has 0 radical (unpaired) electrons. The van der Waals surface area contributed by atoms with E-state index in [9.17, 15) is 0 Å². The first kappa shape index (κ1) is 15.9. The highest BCUT2D eigenvalue weighted by Gasteiger charge is 2.17. The summed E-state index contributed by atoms with van der Waals surface area (Å²) in [5.41, 5.74) is 2.70. The molecule has 122 valence electrons. The van der Waals surface area contributed by atoms with Crippen LogP contribution in [0.4, 0.5) is 0 Å². The van der Waals surface area contributed by atoms with Crippen LogP contribution in [0.25, 0.3) is 16.3 Å². The molecule has 3 nitrogen and oxygen atoms in total. The van der Waals surface area contributed by atoms with E-state index in [2.05, 4.69) is 36.9 Å². The van der Waals surface area contributed by atoms with Gasteiger partial charge in [-0.1, -0.05) is 43.0 Å². The summed E-state index contributed by atoms with van der Waals surface area (Å²) < 4.78 is 16.4. The van der Waals surface area contributed by atoms with Crippen LogP contribution in [0.3, 0.4) is 0 Å². The summed E-state index contributed by atoms with van der Waals surface area (Å²) in [7, 11) is 4.88. The van der Waals surface area contributed by atoms with Crippen molar-refractivity contribution >= 4 is 16.3 Å². The largest absolute Gasteiger partial charge is 0.496 e. The summed E-state index contributed by atoms with van der Waals surface area (Å²) in [6.45, 7) is 4.27. The van der Waals surface area contributed by atoms with Crippen LogP contribution < -0.4 is 14.2 Å². The third-order valence-electron chi connectivity index (χ3n) is 4.11. The van der Waals surface area contributed by atoms with Gasteiger partial charge in [-0.15, -0.1) is 0 Å². The molecule has 3 aromatic carbocycles. The van der Waals surface area contributed by atoms with Crippen LogP contribution in [0, 0.1) is 0 Å². The predicted molar refractivity (Wildman–Crippen MR) is 98.2 cm³/mol. The van der Waals surface area contributed by atoms with Gasteiger partial charge < -0.3 is 14.2 Å². The summed E-state index contributed by atoms with van der Waals surface area (Å²) in [6, 6.07) is 18.2. The molecular formula is C21H20O3. The fourth-order valence-corrected chi connectivity index (χ4v) is 2.82. The molecule has 0 spiro atoms. The first-order valence-electron chi connectivity index (χ1n) is 7.66. The number of fused-ring (bicyclic) bond motifs is 1. The summed E-state index contributed by atoms with van der Waals surface area (Å²) in [6.07, 6.45) is 0. The molecule has 0 aliphatic rings. The van der Waals surface area contributed by atoms with Crippen molar-refractivity contribution in [2.24, 2.45) is 0 Å². The van der Waals surface area contributed by atoms with E-state index in [0.717, 1.165) is 16.7 Å². The van der Waals surface area contributed by atoms with Gasteiger partial charge in [0.15, 0.2) is 0 Å². The Morgan fingerprint density at radius 3 is 1.96 bits per heavy atom. The van der Waals surface area contributed by atoms with Crippen LogP contribution in [0.15, 0.2) is 61.2 Å². The third kappa shape index (κ3) is 2.81. The normalized spacial score (nSPS) is 10.5. The molecule has 0 amide bonds. The molecule has 0 atom stereocenters. The quantitative estimate of drug-likeness (QED) is 0.667. The van der Waals surface area contributed by atoms with Crippen LogP contribution in [0.2, 0.25) is 0 Å². The monoisotopic (exact) mass is 320 g/mol. The van der Waals surface area contributed by atoms with Gasteiger partial charge in [0, 0.05) is 12.1 Å². The van der Waals surface area contributed by atoms with Gasteiger partial charge >= 0.3 is 0 Å². The van der Waals surface area contributed by atoms with Gasteiger partial charge in [-0.2, -0.15) is 0 Å². The summed E-state index contributed by atoms with van der Waals surface area (Å²) in [4.78, 5) is 0. The van der Waals surface area contributed by atoms with Gasteiger partial charge in [-0.25, -0.2) is 0 Å². The molecule has 0 saturated heterocycles. The molecule has 3 heteroatoms. The number of hydrogen-bond acceptors (Lipinski definition) is 3. The Balaban J connectivity index is 2.14. The zero-order valence-electron chi connectivity index (χ0n) is 14.1. The lowest BCUT2D eigenvalue weighted by Gasteiger charge is -2.17. The van der Waals surface area contributed by atoms with Crippen LogP contribution in [-0.4, -0.2) is 21.3 Å². The van der Waals surface area contributed by atoms with E-state index in [4.69, 9.17) is 14.2 Å². The van der Waals surface area contributed by atoms with E-state index in [0.29, 0.717) is 17.2 Å².